The van der Waals surface area contributed by atoms with Crippen LogP contribution >= 0.6 is 0 Å². The van der Waals surface area contributed by atoms with Crippen molar-refractivity contribution in [2.75, 3.05) is 0 Å². The van der Waals surface area contributed by atoms with E-state index in [9.17, 15) is 9.59 Å². The van der Waals surface area contributed by atoms with Crippen molar-refractivity contribution in [3.05, 3.63) is 0 Å². The van der Waals surface area contributed by atoms with Crippen molar-refractivity contribution >= 4 is 11.9 Å². The lowest BCUT2D eigenvalue weighted by atomic mass is 9.82. The van der Waals surface area contributed by atoms with Crippen molar-refractivity contribution in [3.63, 3.8) is 0 Å². The highest BCUT2D eigenvalue weighted by Crippen LogP contribution is 2.26. The lowest BCUT2D eigenvalue weighted by Gasteiger charge is -2.29. The molecule has 0 aliphatic heterocycles. The van der Waals surface area contributed by atoms with Gasteiger partial charge in [0.05, 0.1) is 12.1 Å². The Hall–Kier alpha value is -1.06. The Bertz CT molecular complexity index is 270. The maximum Gasteiger partial charge on any atom is 0.407 e. The van der Waals surface area contributed by atoms with Crippen molar-refractivity contribution < 1.29 is 14.3 Å². The average Bonchev–Trinajstić information content (AvgIpc) is 2.25. The smallest absolute Gasteiger partial charge is 0.407 e. The van der Waals surface area contributed by atoms with Crippen molar-refractivity contribution in [1.29, 1.82) is 0 Å². The number of nitrogens with one attached hydrogen (secondary N) is 1. The van der Waals surface area contributed by atoms with Gasteiger partial charge in [-0.2, -0.15) is 0 Å². The Balaban J connectivity index is 2.53. The fourth-order valence-corrected chi connectivity index (χ4v) is 2.39. The first-order valence-corrected chi connectivity index (χ1v) is 6.48. The zero-order valence-corrected chi connectivity index (χ0v) is 11.0. The van der Waals surface area contributed by atoms with E-state index in [1.807, 2.05) is 0 Å². The zero-order chi connectivity index (χ0) is 12.8. The third-order valence-electron chi connectivity index (χ3n) is 3.18. The second-order valence-corrected chi connectivity index (χ2v) is 5.08. The SMILES string of the molecule is CC(=O)C(NC(=O)OC(C)C)C1CCCCC1. The van der Waals surface area contributed by atoms with Crippen molar-refractivity contribution in [2.24, 2.45) is 5.92 Å². The molecule has 0 spiro atoms. The van der Waals surface area contributed by atoms with E-state index in [4.69, 9.17) is 4.74 Å². The van der Waals surface area contributed by atoms with Gasteiger partial charge in [-0.1, -0.05) is 19.3 Å². The first kappa shape index (κ1) is 14.0. The molecule has 0 radical (unpaired) electrons. The molecule has 0 bridgehead atoms. The Morgan fingerprint density at radius 2 is 1.76 bits per heavy atom. The molecular weight excluding hydrogens is 218 g/mol. The van der Waals surface area contributed by atoms with Crippen LogP contribution < -0.4 is 5.32 Å². The molecule has 1 amide bonds. The van der Waals surface area contributed by atoms with Gasteiger partial charge in [0.15, 0.2) is 5.78 Å². The van der Waals surface area contributed by atoms with Crippen LogP contribution in [0.3, 0.4) is 0 Å². The van der Waals surface area contributed by atoms with E-state index in [1.54, 1.807) is 13.8 Å². The van der Waals surface area contributed by atoms with Crippen LogP contribution in [0.1, 0.15) is 52.9 Å². The number of ketones is 1. The van der Waals surface area contributed by atoms with Crippen LogP contribution in [-0.4, -0.2) is 24.0 Å². The van der Waals surface area contributed by atoms with Crippen LogP contribution in [0.15, 0.2) is 0 Å². The molecule has 0 saturated heterocycles. The van der Waals surface area contributed by atoms with Crippen molar-refractivity contribution in [1.82, 2.24) is 5.32 Å². The first-order chi connectivity index (χ1) is 8.00. The number of ether oxygens (including phenoxy) is 1. The standard InChI is InChI=1S/C13H23NO3/c1-9(2)17-13(16)14-12(10(3)15)11-7-5-4-6-8-11/h9,11-12H,4-8H2,1-3H3,(H,14,16). The van der Waals surface area contributed by atoms with Gasteiger partial charge < -0.3 is 10.1 Å². The van der Waals surface area contributed by atoms with Gasteiger partial charge in [0, 0.05) is 0 Å². The molecule has 4 nitrogen and oxygen atoms in total. The zero-order valence-electron chi connectivity index (χ0n) is 11.0. The second-order valence-electron chi connectivity index (χ2n) is 5.08. The summed E-state index contributed by atoms with van der Waals surface area (Å²) >= 11 is 0. The summed E-state index contributed by atoms with van der Waals surface area (Å²) in [5, 5.41) is 2.71. The molecule has 0 aromatic heterocycles. The number of alkyl carbamates (subject to hydrolysis) is 1. The van der Waals surface area contributed by atoms with Gasteiger partial charge in [-0.05, 0) is 39.5 Å². The van der Waals surface area contributed by atoms with Crippen LogP contribution in [0.25, 0.3) is 0 Å². The van der Waals surface area contributed by atoms with E-state index in [0.717, 1.165) is 25.7 Å². The van der Waals surface area contributed by atoms with Gasteiger partial charge in [0.25, 0.3) is 0 Å². The quantitative estimate of drug-likeness (QED) is 0.823. The van der Waals surface area contributed by atoms with Crippen LogP contribution in [0, 0.1) is 5.92 Å². The van der Waals surface area contributed by atoms with E-state index in [-0.39, 0.29) is 23.8 Å². The molecular formula is C13H23NO3. The Morgan fingerprint density at radius 1 is 1.18 bits per heavy atom. The molecule has 0 heterocycles. The number of hydrogen-bond acceptors (Lipinski definition) is 3. The summed E-state index contributed by atoms with van der Waals surface area (Å²) in [6.07, 6.45) is 4.93. The Labute approximate surface area is 103 Å². The Kier molecular flexibility index (Phi) is 5.45. The first-order valence-electron chi connectivity index (χ1n) is 6.48. The van der Waals surface area contributed by atoms with E-state index >= 15 is 0 Å². The summed E-state index contributed by atoms with van der Waals surface area (Å²) in [6.45, 7) is 5.13. The van der Waals surface area contributed by atoms with Crippen LogP contribution in [-0.2, 0) is 9.53 Å². The number of carbonyl (C=O) groups is 2. The van der Waals surface area contributed by atoms with Gasteiger partial charge in [-0.3, -0.25) is 4.79 Å². The highest BCUT2D eigenvalue weighted by Gasteiger charge is 2.28. The molecule has 1 rings (SSSR count). The molecule has 1 fully saturated rings. The van der Waals surface area contributed by atoms with Gasteiger partial charge in [-0.25, -0.2) is 4.79 Å². The van der Waals surface area contributed by atoms with Crippen molar-refractivity contribution in [2.45, 2.75) is 65.0 Å². The maximum atomic E-state index is 11.6. The minimum absolute atomic E-state index is 0.0256. The fraction of sp³-hybridized carbons (Fsp3) is 0.846. The van der Waals surface area contributed by atoms with E-state index in [1.165, 1.54) is 13.3 Å². The predicted molar refractivity (Wildman–Crippen MR) is 65.8 cm³/mol. The molecule has 1 unspecified atom stereocenters. The van der Waals surface area contributed by atoms with Gasteiger partial charge in [0.1, 0.15) is 0 Å². The molecule has 1 N–H and O–H groups in total. The Morgan fingerprint density at radius 3 is 2.24 bits per heavy atom. The maximum absolute atomic E-state index is 11.6. The van der Waals surface area contributed by atoms with Gasteiger partial charge in [0.2, 0.25) is 0 Å². The van der Waals surface area contributed by atoms with E-state index in [0.29, 0.717) is 0 Å². The summed E-state index contributed by atoms with van der Waals surface area (Å²) < 4.78 is 5.02. The van der Waals surface area contributed by atoms with E-state index in [2.05, 4.69) is 5.32 Å². The van der Waals surface area contributed by atoms with Crippen LogP contribution in [0.5, 0.6) is 0 Å². The molecule has 0 aromatic rings. The normalized spacial score (nSPS) is 18.8. The van der Waals surface area contributed by atoms with Crippen molar-refractivity contribution in [3.8, 4) is 0 Å². The summed E-state index contributed by atoms with van der Waals surface area (Å²) in [4.78, 5) is 23.1. The fourth-order valence-electron chi connectivity index (χ4n) is 2.39. The molecule has 4 heteroatoms. The molecule has 1 aliphatic rings. The summed E-state index contributed by atoms with van der Waals surface area (Å²) in [7, 11) is 0. The average molecular weight is 241 g/mol. The third-order valence-corrected chi connectivity index (χ3v) is 3.18. The number of rotatable bonds is 4. The lowest BCUT2D eigenvalue weighted by Crippen LogP contribution is -2.46. The number of Topliss-reactive ketones (excluding diaryl/α,β-unsaturated/α-hetero) is 1. The number of amides is 1. The monoisotopic (exact) mass is 241 g/mol. The van der Waals surface area contributed by atoms with E-state index < -0.39 is 6.09 Å². The topological polar surface area (TPSA) is 55.4 Å². The summed E-state index contributed by atoms with van der Waals surface area (Å²) in [5.41, 5.74) is 0. The minimum atomic E-state index is -0.481. The molecule has 0 aromatic carbocycles. The van der Waals surface area contributed by atoms with Gasteiger partial charge >= 0.3 is 6.09 Å². The summed E-state index contributed by atoms with van der Waals surface area (Å²) in [5.74, 6) is 0.304. The molecule has 1 atom stereocenters. The predicted octanol–water partition coefficient (Wildman–Crippen LogP) is 2.66. The largest absolute Gasteiger partial charge is 0.447 e. The van der Waals surface area contributed by atoms with Crippen LogP contribution in [0.2, 0.25) is 0 Å². The highest BCUT2D eigenvalue weighted by atomic mass is 16.6. The van der Waals surface area contributed by atoms with Gasteiger partial charge in [-0.15, -0.1) is 0 Å². The summed E-state index contributed by atoms with van der Waals surface area (Å²) in [6, 6.07) is -0.374. The minimum Gasteiger partial charge on any atom is -0.447 e. The molecule has 1 aliphatic carbocycles. The number of hydrogen-bond donors (Lipinski definition) is 1. The second kappa shape index (κ2) is 6.62. The highest BCUT2D eigenvalue weighted by molar-refractivity contribution is 5.85. The lowest BCUT2D eigenvalue weighted by molar-refractivity contribution is -0.120. The molecule has 17 heavy (non-hydrogen) atoms. The number of carbonyl (C=O) groups excluding carboxylic acids is 2. The third kappa shape index (κ3) is 4.75. The molecule has 98 valence electrons. The molecule has 1 saturated carbocycles. The van der Waals surface area contributed by atoms with Crippen LogP contribution in [0.4, 0.5) is 4.79 Å².